The minimum absolute atomic E-state index is 0.0162. The lowest BCUT2D eigenvalue weighted by Gasteiger charge is -2.26. The number of aromatic amines is 1. The molecule has 0 aliphatic carbocycles. The Morgan fingerprint density at radius 2 is 1.71 bits per heavy atom. The van der Waals surface area contributed by atoms with Crippen LogP contribution in [0.1, 0.15) is 15.9 Å². The fourth-order valence-electron chi connectivity index (χ4n) is 4.24. The molecule has 2 aromatic carbocycles. The second-order valence-electron chi connectivity index (χ2n) is 8.93. The number of morpholine rings is 1. The predicted molar refractivity (Wildman–Crippen MR) is 151 cm³/mol. The van der Waals surface area contributed by atoms with Gasteiger partial charge in [0, 0.05) is 25.2 Å². The molecule has 3 heterocycles. The summed E-state index contributed by atoms with van der Waals surface area (Å²) in [7, 11) is -0.753. The van der Waals surface area contributed by atoms with Crippen LogP contribution in [0.15, 0.2) is 58.2 Å². The maximum atomic E-state index is 13.3. The largest absolute Gasteiger partial charge is 0.481 e. The Hall–Kier alpha value is -4.18. The lowest BCUT2D eigenvalue weighted by atomic mass is 10.1. The molecular formula is C26H26N6O7S2. The van der Waals surface area contributed by atoms with Crippen LogP contribution in [0.2, 0.25) is 0 Å². The van der Waals surface area contributed by atoms with Gasteiger partial charge in [-0.3, -0.25) is 9.59 Å². The van der Waals surface area contributed by atoms with Gasteiger partial charge in [0.05, 0.1) is 49.3 Å². The number of H-pyrrole nitrogens is 1. The van der Waals surface area contributed by atoms with Gasteiger partial charge < -0.3 is 24.5 Å². The molecule has 2 aromatic heterocycles. The first-order valence-electron chi connectivity index (χ1n) is 12.4. The quantitative estimate of drug-likeness (QED) is 0.287. The molecule has 1 aliphatic heterocycles. The number of sulfonamides is 1. The highest BCUT2D eigenvalue weighted by Crippen LogP contribution is 2.19. The molecule has 2 N–H and O–H groups in total. The number of benzene rings is 2. The van der Waals surface area contributed by atoms with Gasteiger partial charge in [0.2, 0.25) is 27.7 Å². The summed E-state index contributed by atoms with van der Waals surface area (Å²) in [6.07, 6.45) is 0. The molecule has 0 bridgehead atoms. The number of hydrogen-bond donors (Lipinski definition) is 2. The average Bonchev–Trinajstić information content (AvgIpc) is 3.00. The first kappa shape index (κ1) is 28.4. The van der Waals surface area contributed by atoms with Crippen molar-refractivity contribution in [2.24, 2.45) is 0 Å². The average molecular weight is 599 g/mol. The Morgan fingerprint density at radius 3 is 2.34 bits per heavy atom. The monoisotopic (exact) mass is 598 g/mol. The van der Waals surface area contributed by atoms with Crippen LogP contribution in [0.4, 0.5) is 0 Å². The summed E-state index contributed by atoms with van der Waals surface area (Å²) in [5, 5.41) is 3.07. The van der Waals surface area contributed by atoms with Crippen LogP contribution >= 0.6 is 12.2 Å². The molecule has 214 valence electrons. The van der Waals surface area contributed by atoms with Crippen LogP contribution < -0.4 is 20.3 Å². The molecule has 1 saturated heterocycles. The summed E-state index contributed by atoms with van der Waals surface area (Å²) in [4.78, 5) is 37.7. The Bertz CT molecular complexity index is 1810. The van der Waals surface area contributed by atoms with Gasteiger partial charge in [-0.05, 0) is 48.1 Å². The molecule has 1 fully saturated rings. The van der Waals surface area contributed by atoms with Gasteiger partial charge >= 0.3 is 0 Å². The zero-order valence-electron chi connectivity index (χ0n) is 22.1. The van der Waals surface area contributed by atoms with Crippen molar-refractivity contribution in [2.45, 2.75) is 11.4 Å². The van der Waals surface area contributed by atoms with Crippen LogP contribution in [0, 0.1) is 4.77 Å². The van der Waals surface area contributed by atoms with E-state index >= 15 is 0 Å². The van der Waals surface area contributed by atoms with E-state index in [4.69, 9.17) is 26.4 Å². The highest BCUT2D eigenvalue weighted by Gasteiger charge is 2.26. The maximum absolute atomic E-state index is 13.3. The van der Waals surface area contributed by atoms with Crippen LogP contribution in [0.5, 0.6) is 11.8 Å². The van der Waals surface area contributed by atoms with Gasteiger partial charge in [-0.25, -0.2) is 13.0 Å². The molecular weight excluding hydrogens is 572 g/mol. The number of amides is 1. The van der Waals surface area contributed by atoms with Gasteiger partial charge in [0.1, 0.15) is 0 Å². The molecule has 41 heavy (non-hydrogen) atoms. The van der Waals surface area contributed by atoms with Crippen molar-refractivity contribution in [3.63, 3.8) is 0 Å². The molecule has 1 amide bonds. The molecule has 0 atom stereocenters. The smallest absolute Gasteiger partial charge is 0.269 e. The third-order valence-electron chi connectivity index (χ3n) is 6.43. The zero-order chi connectivity index (χ0) is 29.1. The van der Waals surface area contributed by atoms with Crippen molar-refractivity contribution in [3.8, 4) is 17.7 Å². The van der Waals surface area contributed by atoms with E-state index in [9.17, 15) is 18.0 Å². The van der Waals surface area contributed by atoms with Crippen molar-refractivity contribution in [3.05, 3.63) is 74.8 Å². The van der Waals surface area contributed by atoms with Gasteiger partial charge in [0.15, 0.2) is 4.77 Å². The number of fused-ring (bicyclic) bond motifs is 1. The normalized spacial score (nSPS) is 14.1. The Balaban J connectivity index is 1.33. The third kappa shape index (κ3) is 5.83. The van der Waals surface area contributed by atoms with E-state index in [0.717, 1.165) is 10.1 Å². The van der Waals surface area contributed by atoms with E-state index < -0.39 is 15.6 Å². The van der Waals surface area contributed by atoms with Gasteiger partial charge in [-0.1, -0.05) is 12.1 Å². The summed E-state index contributed by atoms with van der Waals surface area (Å²) >= 11 is 5.40. The lowest BCUT2D eigenvalue weighted by molar-refractivity contribution is 0.0730. The molecule has 13 nitrogen and oxygen atoms in total. The molecule has 0 unspecified atom stereocenters. The highest BCUT2D eigenvalue weighted by molar-refractivity contribution is 7.89. The van der Waals surface area contributed by atoms with Crippen molar-refractivity contribution < 1.29 is 27.4 Å². The van der Waals surface area contributed by atoms with Crippen LogP contribution in [-0.2, 0) is 21.3 Å². The zero-order valence-corrected chi connectivity index (χ0v) is 23.8. The minimum Gasteiger partial charge on any atom is -0.481 e. The van der Waals surface area contributed by atoms with E-state index in [1.54, 1.807) is 12.1 Å². The van der Waals surface area contributed by atoms with Crippen LogP contribution in [0.25, 0.3) is 16.9 Å². The highest BCUT2D eigenvalue weighted by atomic mass is 32.2. The number of nitrogens with one attached hydrogen (secondary N) is 2. The summed E-state index contributed by atoms with van der Waals surface area (Å²) < 4.78 is 43.7. The molecule has 1 aliphatic rings. The van der Waals surface area contributed by atoms with E-state index in [-0.39, 0.29) is 45.2 Å². The second kappa shape index (κ2) is 11.7. The fourth-order valence-corrected chi connectivity index (χ4v) is 5.92. The topological polar surface area (TPSA) is 158 Å². The molecule has 0 radical (unpaired) electrons. The van der Waals surface area contributed by atoms with Gasteiger partial charge in [-0.15, -0.1) is 0 Å². The van der Waals surface area contributed by atoms with Crippen molar-refractivity contribution in [2.75, 3.05) is 40.5 Å². The second-order valence-corrected chi connectivity index (χ2v) is 11.3. The van der Waals surface area contributed by atoms with Crippen molar-refractivity contribution in [1.82, 2.24) is 29.1 Å². The van der Waals surface area contributed by atoms with Gasteiger partial charge in [-0.2, -0.15) is 14.3 Å². The number of nitrogens with zero attached hydrogens (tertiary/aromatic N) is 4. The lowest BCUT2D eigenvalue weighted by Crippen LogP contribution is -2.40. The van der Waals surface area contributed by atoms with E-state index in [1.807, 2.05) is 0 Å². The van der Waals surface area contributed by atoms with Crippen LogP contribution in [0.3, 0.4) is 0 Å². The maximum Gasteiger partial charge on any atom is 0.269 e. The molecule has 15 heteroatoms. The van der Waals surface area contributed by atoms with Crippen molar-refractivity contribution in [1.29, 1.82) is 0 Å². The van der Waals surface area contributed by atoms with Crippen molar-refractivity contribution >= 4 is 39.1 Å². The summed E-state index contributed by atoms with van der Waals surface area (Å²) in [5.74, 6) is -0.0385. The van der Waals surface area contributed by atoms with Crippen LogP contribution in [-0.4, -0.2) is 78.7 Å². The molecule has 0 spiro atoms. The number of methoxy groups -OCH3 is 2. The summed E-state index contributed by atoms with van der Waals surface area (Å²) in [5.41, 5.74) is 0.886. The minimum atomic E-state index is -3.60. The molecule has 4 aromatic rings. The Labute approximate surface area is 239 Å². The summed E-state index contributed by atoms with van der Waals surface area (Å²) in [6.45, 7) is 1.53. The van der Waals surface area contributed by atoms with E-state index in [0.29, 0.717) is 37.4 Å². The summed E-state index contributed by atoms with van der Waals surface area (Å²) in [6, 6.07) is 12.4. The first-order valence-corrected chi connectivity index (χ1v) is 14.3. The van der Waals surface area contributed by atoms with Gasteiger partial charge in [0.25, 0.3) is 11.5 Å². The standard InChI is InChI=1S/C26H26N6O7S2/c1-37-21-14-22(38-2)30-25(29-21)32-24(34)19-8-5-17(13-20(19)28-26(32)40)23(33)27-15-16-3-6-18(7-4-16)41(35,36)31-9-11-39-12-10-31/h3-8,13-14H,9-12,15H2,1-2H3,(H,27,33)(H,28,40). The Morgan fingerprint density at radius 1 is 1.05 bits per heavy atom. The molecule has 5 rings (SSSR count). The van der Waals surface area contributed by atoms with E-state index in [2.05, 4.69) is 20.3 Å². The predicted octanol–water partition coefficient (Wildman–Crippen LogP) is 1.81. The number of ether oxygens (including phenoxy) is 3. The SMILES string of the molecule is COc1cc(OC)nc(-n2c(=S)[nH]c3cc(C(=O)NCc4ccc(S(=O)(=O)N5CCOCC5)cc4)ccc3c2=O)n1. The number of carbonyl (C=O) groups excluding carboxylic acids is 1. The molecule has 0 saturated carbocycles. The number of rotatable bonds is 8. The first-order chi connectivity index (χ1) is 19.7. The van der Waals surface area contributed by atoms with E-state index in [1.165, 1.54) is 54.9 Å². The third-order valence-corrected chi connectivity index (χ3v) is 8.63. The number of aromatic nitrogens is 4. The fraction of sp³-hybridized carbons (Fsp3) is 0.269. The Kier molecular flexibility index (Phi) is 8.12. The number of carbonyl (C=O) groups is 1. The number of hydrogen-bond acceptors (Lipinski definition) is 10.